The van der Waals surface area contributed by atoms with Gasteiger partial charge in [-0.3, -0.25) is 14.5 Å². The van der Waals surface area contributed by atoms with E-state index in [0.29, 0.717) is 10.7 Å². The number of β-lactam (4-membered cyclic amide) rings is 1. The van der Waals surface area contributed by atoms with Gasteiger partial charge in [0.1, 0.15) is 0 Å². The Morgan fingerprint density at radius 3 is 2.65 bits per heavy atom. The SMILES string of the molecule is CSC1CC(=O)N1C(C(=O)O)=C1SCC(=O)S1. The Kier molecular flexibility index (Phi) is 3.74. The number of hydrogen-bond acceptors (Lipinski definition) is 6. The van der Waals surface area contributed by atoms with Crippen molar-refractivity contribution in [2.45, 2.75) is 11.8 Å². The zero-order valence-electron chi connectivity index (χ0n) is 8.84. The van der Waals surface area contributed by atoms with Gasteiger partial charge < -0.3 is 5.11 Å². The molecule has 2 saturated heterocycles. The highest BCUT2D eigenvalue weighted by molar-refractivity contribution is 8.34. The van der Waals surface area contributed by atoms with Crippen molar-refractivity contribution in [3.8, 4) is 0 Å². The number of amides is 1. The Labute approximate surface area is 110 Å². The molecule has 2 aliphatic heterocycles. The van der Waals surface area contributed by atoms with Gasteiger partial charge in [0.05, 0.1) is 21.8 Å². The second kappa shape index (κ2) is 4.95. The fraction of sp³-hybridized carbons (Fsp3) is 0.444. The second-order valence-electron chi connectivity index (χ2n) is 3.36. The average Bonchev–Trinajstić information content (AvgIpc) is 2.68. The van der Waals surface area contributed by atoms with Crippen LogP contribution in [0.25, 0.3) is 0 Å². The fourth-order valence-electron chi connectivity index (χ4n) is 1.54. The monoisotopic (exact) mass is 291 g/mol. The van der Waals surface area contributed by atoms with E-state index < -0.39 is 5.97 Å². The van der Waals surface area contributed by atoms with Crippen LogP contribution in [0.3, 0.4) is 0 Å². The Hall–Kier alpha value is -0.600. The highest BCUT2D eigenvalue weighted by Gasteiger charge is 2.43. The van der Waals surface area contributed by atoms with E-state index in [2.05, 4.69) is 0 Å². The minimum Gasteiger partial charge on any atom is -0.477 e. The van der Waals surface area contributed by atoms with Gasteiger partial charge in [-0.05, 0) is 18.0 Å². The zero-order chi connectivity index (χ0) is 12.6. The molecule has 0 radical (unpaired) electrons. The molecule has 1 atom stereocenters. The van der Waals surface area contributed by atoms with Crippen LogP contribution in [0, 0.1) is 0 Å². The lowest BCUT2D eigenvalue weighted by Gasteiger charge is -2.39. The smallest absolute Gasteiger partial charge is 0.354 e. The normalized spacial score (nSPS) is 27.1. The topological polar surface area (TPSA) is 74.7 Å². The molecule has 8 heteroatoms. The molecule has 1 amide bonds. The third-order valence-corrected chi connectivity index (χ3v) is 5.66. The maximum atomic E-state index is 11.5. The van der Waals surface area contributed by atoms with Gasteiger partial charge in [0.2, 0.25) is 11.0 Å². The minimum absolute atomic E-state index is 0.0403. The molecule has 92 valence electrons. The van der Waals surface area contributed by atoms with E-state index in [1.165, 1.54) is 28.4 Å². The van der Waals surface area contributed by atoms with Crippen LogP contribution in [-0.4, -0.2) is 44.4 Å². The summed E-state index contributed by atoms with van der Waals surface area (Å²) in [6.07, 6.45) is 2.18. The van der Waals surface area contributed by atoms with E-state index >= 15 is 0 Å². The first-order chi connectivity index (χ1) is 8.04. The van der Waals surface area contributed by atoms with Gasteiger partial charge in [0.25, 0.3) is 0 Å². The van der Waals surface area contributed by atoms with E-state index in [0.717, 1.165) is 11.8 Å². The number of carboxylic acids is 1. The second-order valence-corrected chi connectivity index (χ2v) is 6.69. The number of aliphatic carboxylic acids is 1. The van der Waals surface area contributed by atoms with Crippen LogP contribution in [0.5, 0.6) is 0 Å². The minimum atomic E-state index is -1.15. The number of rotatable bonds is 3. The summed E-state index contributed by atoms with van der Waals surface area (Å²) in [7, 11) is 0. The van der Waals surface area contributed by atoms with Crippen molar-refractivity contribution >= 4 is 52.3 Å². The molecule has 0 aromatic heterocycles. The number of hydrogen-bond donors (Lipinski definition) is 1. The molecule has 1 unspecified atom stereocenters. The molecule has 5 nitrogen and oxygen atoms in total. The van der Waals surface area contributed by atoms with Gasteiger partial charge in [0, 0.05) is 0 Å². The predicted molar refractivity (Wildman–Crippen MR) is 68.5 cm³/mol. The van der Waals surface area contributed by atoms with E-state index in [4.69, 9.17) is 0 Å². The molecular weight excluding hydrogens is 282 g/mol. The van der Waals surface area contributed by atoms with Crippen LogP contribution < -0.4 is 0 Å². The number of carboxylic acid groups (broad SMARTS) is 1. The molecule has 0 bridgehead atoms. The first kappa shape index (κ1) is 12.8. The van der Waals surface area contributed by atoms with Crippen molar-refractivity contribution in [3.05, 3.63) is 9.93 Å². The molecule has 0 saturated carbocycles. The maximum absolute atomic E-state index is 11.5. The van der Waals surface area contributed by atoms with Gasteiger partial charge >= 0.3 is 5.97 Å². The zero-order valence-corrected chi connectivity index (χ0v) is 11.3. The van der Waals surface area contributed by atoms with Crippen LogP contribution in [0.2, 0.25) is 0 Å². The van der Waals surface area contributed by atoms with Crippen LogP contribution in [-0.2, 0) is 14.4 Å². The summed E-state index contributed by atoms with van der Waals surface area (Å²) in [5.41, 5.74) is -0.0403. The maximum Gasteiger partial charge on any atom is 0.354 e. The lowest BCUT2D eigenvalue weighted by molar-refractivity contribution is -0.145. The molecular formula is C9H9NO4S3. The van der Waals surface area contributed by atoms with Gasteiger partial charge in [-0.15, -0.1) is 23.5 Å². The molecule has 0 aliphatic carbocycles. The Bertz CT molecular complexity index is 434. The third-order valence-electron chi connectivity index (χ3n) is 2.34. The quantitative estimate of drug-likeness (QED) is 0.618. The molecule has 0 aromatic carbocycles. The number of likely N-dealkylation sites (tertiary alicyclic amines) is 1. The predicted octanol–water partition coefficient (Wildman–Crippen LogP) is 1.17. The Morgan fingerprint density at radius 2 is 2.24 bits per heavy atom. The van der Waals surface area contributed by atoms with Crippen molar-refractivity contribution in [3.63, 3.8) is 0 Å². The van der Waals surface area contributed by atoms with Crippen molar-refractivity contribution in [1.29, 1.82) is 0 Å². The summed E-state index contributed by atoms with van der Waals surface area (Å²) in [4.78, 5) is 35.2. The van der Waals surface area contributed by atoms with Crippen molar-refractivity contribution < 1.29 is 19.5 Å². The summed E-state index contributed by atoms with van der Waals surface area (Å²) < 4.78 is 0.426. The van der Waals surface area contributed by atoms with Crippen LogP contribution >= 0.6 is 35.3 Å². The highest BCUT2D eigenvalue weighted by atomic mass is 32.2. The standard InChI is InChI=1S/C9H9NO4S3/c1-15-5-2-4(11)10(5)7(8(13)14)9-16-3-6(12)17-9/h5H,2-3H2,1H3,(H,13,14). The molecule has 2 aliphatic rings. The van der Waals surface area contributed by atoms with Crippen molar-refractivity contribution in [1.82, 2.24) is 4.90 Å². The largest absolute Gasteiger partial charge is 0.477 e. The first-order valence-corrected chi connectivity index (χ1v) is 7.79. The highest BCUT2D eigenvalue weighted by Crippen LogP contribution is 2.43. The number of carbonyl (C=O) groups is 3. The number of nitrogens with zero attached hydrogens (tertiary/aromatic N) is 1. The molecule has 2 fully saturated rings. The van der Waals surface area contributed by atoms with E-state index in [9.17, 15) is 19.5 Å². The summed E-state index contributed by atoms with van der Waals surface area (Å²) in [5, 5.41) is 8.99. The molecule has 0 aromatic rings. The van der Waals surface area contributed by atoms with Crippen molar-refractivity contribution in [2.75, 3.05) is 12.0 Å². The Balaban J connectivity index is 2.33. The van der Waals surface area contributed by atoms with E-state index in [-0.39, 0.29) is 27.8 Å². The molecule has 2 rings (SSSR count). The molecule has 1 N–H and O–H groups in total. The Morgan fingerprint density at radius 1 is 1.53 bits per heavy atom. The summed E-state index contributed by atoms with van der Waals surface area (Å²) in [6, 6.07) is 0. The summed E-state index contributed by atoms with van der Waals surface area (Å²) >= 11 is 3.53. The van der Waals surface area contributed by atoms with Crippen LogP contribution in [0.1, 0.15) is 6.42 Å². The third kappa shape index (κ3) is 2.34. The summed E-state index contributed by atoms with van der Waals surface area (Å²) in [6.45, 7) is 0. The molecule has 0 spiro atoms. The van der Waals surface area contributed by atoms with Gasteiger partial charge in [-0.2, -0.15) is 0 Å². The lowest BCUT2D eigenvalue weighted by atomic mass is 10.2. The molecule has 2 heterocycles. The number of thioether (sulfide) groups is 3. The van der Waals surface area contributed by atoms with E-state index in [1.54, 1.807) is 0 Å². The fourth-order valence-corrected chi connectivity index (χ4v) is 4.44. The van der Waals surface area contributed by atoms with Crippen molar-refractivity contribution in [2.24, 2.45) is 0 Å². The van der Waals surface area contributed by atoms with Gasteiger partial charge in [-0.25, -0.2) is 4.79 Å². The molecule has 17 heavy (non-hydrogen) atoms. The summed E-state index contributed by atoms with van der Waals surface area (Å²) in [5.74, 6) is -1.08. The van der Waals surface area contributed by atoms with Crippen LogP contribution in [0.4, 0.5) is 0 Å². The van der Waals surface area contributed by atoms with Crippen LogP contribution in [0.15, 0.2) is 9.93 Å². The van der Waals surface area contributed by atoms with Gasteiger partial charge in [-0.1, -0.05) is 0 Å². The average molecular weight is 291 g/mol. The van der Waals surface area contributed by atoms with Gasteiger partial charge in [0.15, 0.2) is 5.70 Å². The first-order valence-electron chi connectivity index (χ1n) is 4.70. The lowest BCUT2D eigenvalue weighted by Crippen LogP contribution is -2.51. The van der Waals surface area contributed by atoms with E-state index in [1.807, 2.05) is 6.26 Å². The number of carbonyl (C=O) groups excluding carboxylic acids is 2.